The molecule has 0 heterocycles. The van der Waals surface area contributed by atoms with Crippen LogP contribution < -0.4 is 0 Å². The highest BCUT2D eigenvalue weighted by molar-refractivity contribution is 8.01. The fourth-order valence-electron chi connectivity index (χ4n) is 2.20. The summed E-state index contributed by atoms with van der Waals surface area (Å²) in [7, 11) is 0. The van der Waals surface area contributed by atoms with Crippen molar-refractivity contribution in [2.24, 2.45) is 0 Å². The van der Waals surface area contributed by atoms with Gasteiger partial charge in [-0.2, -0.15) is 0 Å². The number of aliphatic carboxylic acids is 1. The lowest BCUT2D eigenvalue weighted by molar-refractivity contribution is -0.138. The second-order valence-electron chi connectivity index (χ2n) is 4.15. The van der Waals surface area contributed by atoms with Crippen molar-refractivity contribution in [3.63, 3.8) is 0 Å². The van der Waals surface area contributed by atoms with Crippen LogP contribution in [0.25, 0.3) is 0 Å². The normalized spacial score (nSPS) is 11.2. The van der Waals surface area contributed by atoms with Gasteiger partial charge < -0.3 is 5.11 Å². The van der Waals surface area contributed by atoms with Gasteiger partial charge >= 0.3 is 5.97 Å². The maximum absolute atomic E-state index is 12.0. The summed E-state index contributed by atoms with van der Waals surface area (Å²) < 4.78 is -1.03. The first kappa shape index (κ1) is 13.7. The van der Waals surface area contributed by atoms with Gasteiger partial charge in [0.15, 0.2) is 4.75 Å². The lowest BCUT2D eigenvalue weighted by Crippen LogP contribution is -2.34. The minimum atomic E-state index is -1.03. The first-order valence-corrected chi connectivity index (χ1v) is 7.18. The van der Waals surface area contributed by atoms with Gasteiger partial charge in [0.1, 0.15) is 0 Å². The molecule has 0 saturated carbocycles. The molecule has 3 heteroatoms. The Balaban J connectivity index is 2.65. The van der Waals surface area contributed by atoms with Gasteiger partial charge in [-0.05, 0) is 16.9 Å². The Hall–Kier alpha value is -1.74. The zero-order chi connectivity index (χ0) is 13.7. The maximum atomic E-state index is 12.0. The van der Waals surface area contributed by atoms with E-state index in [1.54, 1.807) is 0 Å². The second-order valence-corrected chi connectivity index (χ2v) is 5.63. The Morgan fingerprint density at radius 2 is 1.42 bits per heavy atom. The van der Waals surface area contributed by atoms with E-state index in [1.165, 1.54) is 11.8 Å². The molecule has 0 unspecified atom stereocenters. The van der Waals surface area contributed by atoms with Crippen molar-refractivity contribution in [2.45, 2.75) is 11.7 Å². The average molecular weight is 272 g/mol. The Bertz CT molecular complexity index is 498. The van der Waals surface area contributed by atoms with Gasteiger partial charge in [0, 0.05) is 0 Å². The van der Waals surface area contributed by atoms with Crippen LogP contribution in [0.5, 0.6) is 0 Å². The molecule has 0 aliphatic heterocycles. The smallest absolute Gasteiger partial charge is 0.328 e. The molecule has 98 valence electrons. The van der Waals surface area contributed by atoms with Crippen LogP contribution in [0.2, 0.25) is 0 Å². The summed E-state index contributed by atoms with van der Waals surface area (Å²) in [6.45, 7) is 1.98. The highest BCUT2D eigenvalue weighted by Gasteiger charge is 2.42. The van der Waals surface area contributed by atoms with Gasteiger partial charge in [-0.25, -0.2) is 4.79 Å². The van der Waals surface area contributed by atoms with E-state index < -0.39 is 10.7 Å². The molecule has 19 heavy (non-hydrogen) atoms. The van der Waals surface area contributed by atoms with Crippen LogP contribution in [0.15, 0.2) is 60.7 Å². The van der Waals surface area contributed by atoms with Gasteiger partial charge in [-0.15, -0.1) is 11.8 Å². The summed E-state index contributed by atoms with van der Waals surface area (Å²) in [5, 5.41) is 9.84. The number of benzene rings is 2. The number of thioether (sulfide) groups is 1. The number of rotatable bonds is 5. The van der Waals surface area contributed by atoms with E-state index in [0.29, 0.717) is 0 Å². The molecular weight excluding hydrogens is 256 g/mol. The monoisotopic (exact) mass is 272 g/mol. The zero-order valence-corrected chi connectivity index (χ0v) is 11.6. The molecular formula is C16H16O2S. The number of carboxylic acid groups (broad SMARTS) is 1. The Morgan fingerprint density at radius 3 is 1.74 bits per heavy atom. The van der Waals surface area contributed by atoms with Crippen molar-refractivity contribution < 1.29 is 9.90 Å². The standard InChI is InChI=1S/C16H16O2S/c1-2-19-16(15(17)18,13-9-5-3-6-10-13)14-11-7-4-8-12-14/h3-12H,2H2,1H3,(H,17,18). The van der Waals surface area contributed by atoms with E-state index >= 15 is 0 Å². The minimum Gasteiger partial charge on any atom is -0.480 e. The van der Waals surface area contributed by atoms with Crippen molar-refractivity contribution in [3.05, 3.63) is 71.8 Å². The van der Waals surface area contributed by atoms with Gasteiger partial charge in [-0.1, -0.05) is 67.6 Å². The van der Waals surface area contributed by atoms with Crippen LogP contribution in [-0.2, 0) is 9.54 Å². The number of hydrogen-bond acceptors (Lipinski definition) is 2. The average Bonchev–Trinajstić information content (AvgIpc) is 2.46. The molecule has 0 bridgehead atoms. The van der Waals surface area contributed by atoms with Gasteiger partial charge in [0.2, 0.25) is 0 Å². The molecule has 0 aliphatic carbocycles. The zero-order valence-electron chi connectivity index (χ0n) is 10.7. The Kier molecular flexibility index (Phi) is 4.27. The maximum Gasteiger partial charge on any atom is 0.328 e. The van der Waals surface area contributed by atoms with Crippen molar-refractivity contribution in [2.75, 3.05) is 5.75 Å². The molecule has 0 atom stereocenters. The first-order valence-electron chi connectivity index (χ1n) is 6.20. The highest BCUT2D eigenvalue weighted by atomic mass is 32.2. The summed E-state index contributed by atoms with van der Waals surface area (Å²) >= 11 is 1.44. The molecule has 0 fully saturated rings. The third-order valence-corrected chi connectivity index (χ3v) is 4.39. The molecule has 2 rings (SSSR count). The predicted molar refractivity (Wildman–Crippen MR) is 79.4 cm³/mol. The predicted octanol–water partition coefficient (Wildman–Crippen LogP) is 3.77. The van der Waals surface area contributed by atoms with E-state index in [-0.39, 0.29) is 0 Å². The van der Waals surface area contributed by atoms with Gasteiger partial charge in [0.05, 0.1) is 0 Å². The largest absolute Gasteiger partial charge is 0.480 e. The van der Waals surface area contributed by atoms with Crippen LogP contribution in [0, 0.1) is 0 Å². The molecule has 0 spiro atoms. The minimum absolute atomic E-state index is 0.732. The van der Waals surface area contributed by atoms with E-state index in [1.807, 2.05) is 67.6 Å². The SMILES string of the molecule is CCSC(C(=O)O)(c1ccccc1)c1ccccc1. The van der Waals surface area contributed by atoms with Crippen LogP contribution >= 0.6 is 11.8 Å². The van der Waals surface area contributed by atoms with Crippen molar-refractivity contribution in [1.82, 2.24) is 0 Å². The van der Waals surface area contributed by atoms with Crippen molar-refractivity contribution in [1.29, 1.82) is 0 Å². The highest BCUT2D eigenvalue weighted by Crippen LogP contribution is 2.42. The second kappa shape index (κ2) is 5.93. The van der Waals surface area contributed by atoms with Crippen LogP contribution in [0.1, 0.15) is 18.1 Å². The molecule has 2 nitrogen and oxygen atoms in total. The van der Waals surface area contributed by atoms with E-state index in [4.69, 9.17) is 0 Å². The number of carbonyl (C=O) groups is 1. The third-order valence-electron chi connectivity index (χ3n) is 3.02. The number of hydrogen-bond donors (Lipinski definition) is 1. The molecule has 0 amide bonds. The molecule has 1 N–H and O–H groups in total. The van der Waals surface area contributed by atoms with Crippen LogP contribution in [-0.4, -0.2) is 16.8 Å². The first-order chi connectivity index (χ1) is 9.21. The van der Waals surface area contributed by atoms with E-state index in [2.05, 4.69) is 0 Å². The topological polar surface area (TPSA) is 37.3 Å². The van der Waals surface area contributed by atoms with Gasteiger partial charge in [-0.3, -0.25) is 0 Å². The van der Waals surface area contributed by atoms with Crippen molar-refractivity contribution >= 4 is 17.7 Å². The van der Waals surface area contributed by atoms with Crippen LogP contribution in [0.3, 0.4) is 0 Å². The molecule has 0 aliphatic rings. The lowest BCUT2D eigenvalue weighted by Gasteiger charge is -2.29. The van der Waals surface area contributed by atoms with E-state index in [0.717, 1.165) is 16.9 Å². The molecule has 2 aromatic carbocycles. The molecule has 0 radical (unpaired) electrons. The molecule has 0 aromatic heterocycles. The molecule has 2 aromatic rings. The third kappa shape index (κ3) is 2.51. The van der Waals surface area contributed by atoms with Gasteiger partial charge in [0.25, 0.3) is 0 Å². The fourth-order valence-corrected chi connectivity index (χ4v) is 3.37. The Labute approximate surface area is 117 Å². The van der Waals surface area contributed by atoms with E-state index in [9.17, 15) is 9.90 Å². The van der Waals surface area contributed by atoms with Crippen molar-refractivity contribution in [3.8, 4) is 0 Å². The quantitative estimate of drug-likeness (QED) is 0.900. The lowest BCUT2D eigenvalue weighted by atomic mass is 9.90. The summed E-state index contributed by atoms with van der Waals surface area (Å²) in [6, 6.07) is 18.8. The van der Waals surface area contributed by atoms with Crippen LogP contribution in [0.4, 0.5) is 0 Å². The Morgan fingerprint density at radius 1 is 1.00 bits per heavy atom. The molecule has 0 saturated heterocycles. The summed E-state index contributed by atoms with van der Waals surface area (Å²) in [4.78, 5) is 12.0. The summed E-state index contributed by atoms with van der Waals surface area (Å²) in [6.07, 6.45) is 0. The summed E-state index contributed by atoms with van der Waals surface area (Å²) in [5.41, 5.74) is 1.61. The summed E-state index contributed by atoms with van der Waals surface area (Å²) in [5.74, 6) is -0.0902. The number of carboxylic acids is 1. The fraction of sp³-hybridized carbons (Fsp3) is 0.188.